The van der Waals surface area contributed by atoms with Gasteiger partial charge in [-0.2, -0.15) is 0 Å². The Labute approximate surface area is 78.4 Å². The van der Waals surface area contributed by atoms with Gasteiger partial charge in [0.2, 0.25) is 0 Å². The predicted molar refractivity (Wildman–Crippen MR) is 48.2 cm³/mol. The van der Waals surface area contributed by atoms with Crippen LogP contribution < -0.4 is 5.73 Å². The van der Waals surface area contributed by atoms with Gasteiger partial charge in [-0.15, -0.1) is 0 Å². The molecule has 0 bridgehead atoms. The standard InChI is InChI=1S/C9H17NO3/c1-12-9(11)5-7(6-10)8-3-2-4-13-8/h7-8H,2-6,10H2,1H3. The maximum absolute atomic E-state index is 11.0. The molecule has 2 unspecified atom stereocenters. The Kier molecular flexibility index (Phi) is 4.18. The highest BCUT2D eigenvalue weighted by atomic mass is 16.5. The quantitative estimate of drug-likeness (QED) is 0.643. The summed E-state index contributed by atoms with van der Waals surface area (Å²) in [6, 6.07) is 0. The second-order valence-corrected chi connectivity index (χ2v) is 3.33. The average molecular weight is 187 g/mol. The first-order valence-electron chi connectivity index (χ1n) is 4.66. The van der Waals surface area contributed by atoms with Gasteiger partial charge in [0.05, 0.1) is 19.6 Å². The summed E-state index contributed by atoms with van der Waals surface area (Å²) >= 11 is 0. The highest BCUT2D eigenvalue weighted by molar-refractivity contribution is 5.69. The van der Waals surface area contributed by atoms with Gasteiger partial charge in [0, 0.05) is 12.5 Å². The van der Waals surface area contributed by atoms with E-state index in [4.69, 9.17) is 10.5 Å². The van der Waals surface area contributed by atoms with Crippen LogP contribution >= 0.6 is 0 Å². The normalized spacial score (nSPS) is 24.3. The summed E-state index contributed by atoms with van der Waals surface area (Å²) in [6.45, 7) is 1.28. The second-order valence-electron chi connectivity index (χ2n) is 3.33. The third kappa shape index (κ3) is 2.97. The summed E-state index contributed by atoms with van der Waals surface area (Å²) in [6.07, 6.45) is 2.61. The van der Waals surface area contributed by atoms with Crippen molar-refractivity contribution in [2.45, 2.75) is 25.4 Å². The Morgan fingerprint density at radius 3 is 3.00 bits per heavy atom. The maximum Gasteiger partial charge on any atom is 0.305 e. The molecule has 1 aliphatic rings. The van der Waals surface area contributed by atoms with Crippen LogP contribution in [0.2, 0.25) is 0 Å². The second kappa shape index (κ2) is 5.19. The van der Waals surface area contributed by atoms with Gasteiger partial charge in [-0.3, -0.25) is 4.79 Å². The zero-order valence-electron chi connectivity index (χ0n) is 7.99. The van der Waals surface area contributed by atoms with Gasteiger partial charge in [-0.1, -0.05) is 0 Å². The first-order valence-corrected chi connectivity index (χ1v) is 4.66. The molecule has 1 aliphatic heterocycles. The van der Waals surface area contributed by atoms with Gasteiger partial charge >= 0.3 is 5.97 Å². The average Bonchev–Trinajstić information content (AvgIpc) is 2.66. The Balaban J connectivity index is 2.37. The Morgan fingerprint density at radius 1 is 1.77 bits per heavy atom. The van der Waals surface area contributed by atoms with E-state index in [9.17, 15) is 4.79 Å². The van der Waals surface area contributed by atoms with Crippen molar-refractivity contribution in [3.63, 3.8) is 0 Å². The molecule has 1 rings (SSSR count). The molecule has 4 heteroatoms. The summed E-state index contributed by atoms with van der Waals surface area (Å²) in [5.74, 6) is -0.0825. The lowest BCUT2D eigenvalue weighted by Crippen LogP contribution is -2.29. The summed E-state index contributed by atoms with van der Waals surface area (Å²) in [5.41, 5.74) is 5.57. The first kappa shape index (κ1) is 10.5. The van der Waals surface area contributed by atoms with Crippen LogP contribution in [0.1, 0.15) is 19.3 Å². The third-order valence-electron chi connectivity index (χ3n) is 2.45. The lowest BCUT2D eigenvalue weighted by atomic mass is 9.97. The SMILES string of the molecule is COC(=O)CC(CN)C1CCCO1. The van der Waals surface area contributed by atoms with Crippen molar-refractivity contribution < 1.29 is 14.3 Å². The Morgan fingerprint density at radius 2 is 2.54 bits per heavy atom. The maximum atomic E-state index is 11.0. The van der Waals surface area contributed by atoms with E-state index in [1.807, 2.05) is 0 Å². The van der Waals surface area contributed by atoms with E-state index < -0.39 is 0 Å². The van der Waals surface area contributed by atoms with Crippen LogP contribution in [-0.4, -0.2) is 32.3 Å². The molecule has 0 radical (unpaired) electrons. The molecule has 0 aliphatic carbocycles. The van der Waals surface area contributed by atoms with Gasteiger partial charge in [0.1, 0.15) is 0 Å². The lowest BCUT2D eigenvalue weighted by Gasteiger charge is -2.19. The lowest BCUT2D eigenvalue weighted by molar-refractivity contribution is -0.142. The molecular formula is C9H17NO3. The van der Waals surface area contributed by atoms with Crippen LogP contribution in [0, 0.1) is 5.92 Å². The largest absolute Gasteiger partial charge is 0.469 e. The van der Waals surface area contributed by atoms with Gasteiger partial charge in [-0.05, 0) is 19.4 Å². The number of nitrogens with two attached hydrogens (primary N) is 1. The third-order valence-corrected chi connectivity index (χ3v) is 2.45. The molecule has 0 amide bonds. The summed E-state index contributed by atoms with van der Waals surface area (Å²) in [5, 5.41) is 0. The van der Waals surface area contributed by atoms with Crippen LogP contribution in [0.5, 0.6) is 0 Å². The number of ether oxygens (including phenoxy) is 2. The Hall–Kier alpha value is -0.610. The fraction of sp³-hybridized carbons (Fsp3) is 0.889. The van der Waals surface area contributed by atoms with Crippen molar-refractivity contribution in [2.24, 2.45) is 11.7 Å². The molecule has 13 heavy (non-hydrogen) atoms. The van der Waals surface area contributed by atoms with E-state index in [0.717, 1.165) is 19.4 Å². The molecule has 0 aromatic heterocycles. The molecule has 4 nitrogen and oxygen atoms in total. The number of hydrogen-bond acceptors (Lipinski definition) is 4. The number of carbonyl (C=O) groups excluding carboxylic acids is 1. The molecule has 2 N–H and O–H groups in total. The van der Waals surface area contributed by atoms with Crippen molar-refractivity contribution in [1.82, 2.24) is 0 Å². The van der Waals surface area contributed by atoms with Crippen LogP contribution in [0.15, 0.2) is 0 Å². The highest BCUT2D eigenvalue weighted by Crippen LogP contribution is 2.22. The van der Waals surface area contributed by atoms with Gasteiger partial charge in [0.25, 0.3) is 0 Å². The van der Waals surface area contributed by atoms with E-state index in [2.05, 4.69) is 4.74 Å². The number of methoxy groups -OCH3 is 1. The van der Waals surface area contributed by atoms with Crippen molar-refractivity contribution in [3.8, 4) is 0 Å². The monoisotopic (exact) mass is 187 g/mol. The number of rotatable bonds is 4. The Bertz CT molecular complexity index is 166. The molecule has 0 aromatic carbocycles. The van der Waals surface area contributed by atoms with E-state index in [-0.39, 0.29) is 18.0 Å². The van der Waals surface area contributed by atoms with Crippen molar-refractivity contribution in [2.75, 3.05) is 20.3 Å². The molecule has 1 heterocycles. The van der Waals surface area contributed by atoms with Crippen LogP contribution in [0.25, 0.3) is 0 Å². The fourth-order valence-electron chi connectivity index (χ4n) is 1.64. The van der Waals surface area contributed by atoms with Crippen molar-refractivity contribution in [3.05, 3.63) is 0 Å². The van der Waals surface area contributed by atoms with Crippen LogP contribution in [0.4, 0.5) is 0 Å². The smallest absolute Gasteiger partial charge is 0.305 e. The molecule has 1 fully saturated rings. The summed E-state index contributed by atoms with van der Waals surface area (Å²) in [7, 11) is 1.39. The van der Waals surface area contributed by atoms with E-state index in [0.29, 0.717) is 13.0 Å². The predicted octanol–water partition coefficient (Wildman–Crippen LogP) is 0.303. The van der Waals surface area contributed by atoms with Crippen LogP contribution in [0.3, 0.4) is 0 Å². The fourth-order valence-corrected chi connectivity index (χ4v) is 1.64. The zero-order chi connectivity index (χ0) is 9.68. The molecule has 1 saturated heterocycles. The minimum absolute atomic E-state index is 0.120. The van der Waals surface area contributed by atoms with Gasteiger partial charge in [-0.25, -0.2) is 0 Å². The van der Waals surface area contributed by atoms with Crippen molar-refractivity contribution in [1.29, 1.82) is 0 Å². The number of carbonyl (C=O) groups is 1. The summed E-state index contributed by atoms with van der Waals surface area (Å²) < 4.78 is 10.1. The topological polar surface area (TPSA) is 61.5 Å². The molecular weight excluding hydrogens is 170 g/mol. The molecule has 0 aromatic rings. The molecule has 0 spiro atoms. The number of hydrogen-bond donors (Lipinski definition) is 1. The van der Waals surface area contributed by atoms with Gasteiger partial charge in [0.15, 0.2) is 0 Å². The van der Waals surface area contributed by atoms with E-state index >= 15 is 0 Å². The molecule has 2 atom stereocenters. The first-order chi connectivity index (χ1) is 6.27. The summed E-state index contributed by atoms with van der Waals surface area (Å²) in [4.78, 5) is 11.0. The zero-order valence-corrected chi connectivity index (χ0v) is 7.99. The van der Waals surface area contributed by atoms with E-state index in [1.165, 1.54) is 7.11 Å². The van der Waals surface area contributed by atoms with Gasteiger partial charge < -0.3 is 15.2 Å². The highest BCUT2D eigenvalue weighted by Gasteiger charge is 2.26. The molecule has 76 valence electrons. The van der Waals surface area contributed by atoms with Crippen LogP contribution in [-0.2, 0) is 14.3 Å². The van der Waals surface area contributed by atoms with Crippen molar-refractivity contribution >= 4 is 5.97 Å². The molecule has 0 saturated carbocycles. The minimum Gasteiger partial charge on any atom is -0.469 e. The number of esters is 1. The minimum atomic E-state index is -0.203. The van der Waals surface area contributed by atoms with E-state index in [1.54, 1.807) is 0 Å².